The van der Waals surface area contributed by atoms with Gasteiger partial charge in [0, 0.05) is 6.42 Å². The van der Waals surface area contributed by atoms with E-state index in [0.29, 0.717) is 18.6 Å². The highest BCUT2D eigenvalue weighted by atomic mass is 19.1. The predicted molar refractivity (Wildman–Crippen MR) is 65.2 cm³/mol. The average molecular weight is 268 g/mol. The van der Waals surface area contributed by atoms with Crippen molar-refractivity contribution in [2.75, 3.05) is 6.61 Å². The summed E-state index contributed by atoms with van der Waals surface area (Å²) in [5, 5.41) is 10.6. The normalized spacial score (nSPS) is 32.7. The zero-order chi connectivity index (χ0) is 13.7. The Morgan fingerprint density at radius 2 is 2.16 bits per heavy atom. The van der Waals surface area contributed by atoms with Crippen LogP contribution in [0.4, 0.5) is 4.39 Å². The highest BCUT2D eigenvalue weighted by Crippen LogP contribution is 2.38. The smallest absolute Gasteiger partial charge is 0.237 e. The van der Waals surface area contributed by atoms with Crippen molar-refractivity contribution < 1.29 is 23.7 Å². The van der Waals surface area contributed by atoms with Crippen LogP contribution in [0, 0.1) is 5.82 Å². The molecule has 0 spiro atoms. The highest BCUT2D eigenvalue weighted by Gasteiger charge is 2.49. The second-order valence-electron chi connectivity index (χ2n) is 5.52. The van der Waals surface area contributed by atoms with Crippen LogP contribution >= 0.6 is 0 Å². The molecule has 0 aliphatic carbocycles. The molecule has 0 radical (unpaired) electrons. The number of hydrogen-bond donors (Lipinski definition) is 1. The van der Waals surface area contributed by atoms with E-state index in [1.807, 2.05) is 0 Å². The van der Waals surface area contributed by atoms with Crippen molar-refractivity contribution >= 4 is 0 Å². The molecule has 1 aromatic rings. The monoisotopic (exact) mass is 268 g/mol. The number of aliphatic hydroxyl groups is 1. The lowest BCUT2D eigenvalue weighted by Crippen LogP contribution is -2.51. The van der Waals surface area contributed by atoms with Crippen molar-refractivity contribution in [3.05, 3.63) is 29.6 Å². The first kappa shape index (κ1) is 12.8. The minimum Gasteiger partial charge on any atom is -0.459 e. The summed E-state index contributed by atoms with van der Waals surface area (Å²) in [6, 6.07) is 4.29. The number of rotatable bonds is 1. The van der Waals surface area contributed by atoms with Gasteiger partial charge in [-0.15, -0.1) is 0 Å². The van der Waals surface area contributed by atoms with Gasteiger partial charge in [0.25, 0.3) is 0 Å². The summed E-state index contributed by atoms with van der Waals surface area (Å²) in [4.78, 5) is 0. The summed E-state index contributed by atoms with van der Waals surface area (Å²) in [6.45, 7) is 3.87. The third-order valence-electron chi connectivity index (χ3n) is 3.57. The van der Waals surface area contributed by atoms with E-state index in [9.17, 15) is 9.50 Å². The van der Waals surface area contributed by atoms with E-state index in [1.165, 1.54) is 18.2 Å². The Bertz CT molecular complexity index is 502. The van der Waals surface area contributed by atoms with Gasteiger partial charge in [0.2, 0.25) is 5.79 Å². The van der Waals surface area contributed by atoms with Crippen LogP contribution in [0.2, 0.25) is 0 Å². The van der Waals surface area contributed by atoms with Crippen molar-refractivity contribution in [2.45, 2.75) is 44.4 Å². The van der Waals surface area contributed by atoms with Gasteiger partial charge >= 0.3 is 0 Å². The molecule has 0 amide bonds. The SMILES string of the molecule is CC1(C)OC[C@H]([C@@]2(O)CCc3cc(F)ccc3O2)O1. The Morgan fingerprint density at radius 1 is 1.37 bits per heavy atom. The van der Waals surface area contributed by atoms with Gasteiger partial charge in [0.15, 0.2) is 5.79 Å². The molecule has 1 fully saturated rings. The third-order valence-corrected chi connectivity index (χ3v) is 3.57. The fourth-order valence-electron chi connectivity index (χ4n) is 2.53. The topological polar surface area (TPSA) is 47.9 Å². The summed E-state index contributed by atoms with van der Waals surface area (Å²) >= 11 is 0. The highest BCUT2D eigenvalue weighted by molar-refractivity contribution is 5.36. The zero-order valence-corrected chi connectivity index (χ0v) is 11.0. The van der Waals surface area contributed by atoms with Crippen molar-refractivity contribution in [2.24, 2.45) is 0 Å². The van der Waals surface area contributed by atoms with Crippen molar-refractivity contribution in [3.8, 4) is 5.75 Å². The van der Waals surface area contributed by atoms with Gasteiger partial charge in [0.05, 0.1) is 6.61 Å². The maximum absolute atomic E-state index is 13.1. The molecule has 0 unspecified atom stereocenters. The summed E-state index contributed by atoms with van der Waals surface area (Å²) < 4.78 is 29.9. The standard InChI is InChI=1S/C14H17FO4/c1-13(2)17-8-12(19-13)14(16)6-5-9-7-10(15)3-4-11(9)18-14/h3-4,7,12,16H,5-6,8H2,1-2H3/t12-,14-/m1/s1. The van der Waals surface area contributed by atoms with Crippen LogP contribution in [-0.4, -0.2) is 29.4 Å². The van der Waals surface area contributed by atoms with E-state index in [0.717, 1.165) is 5.56 Å². The molecule has 3 rings (SSSR count). The van der Waals surface area contributed by atoms with E-state index in [-0.39, 0.29) is 12.4 Å². The Hall–Kier alpha value is -1.17. The van der Waals surface area contributed by atoms with Crippen LogP contribution in [-0.2, 0) is 15.9 Å². The van der Waals surface area contributed by atoms with Crippen LogP contribution < -0.4 is 4.74 Å². The lowest BCUT2D eigenvalue weighted by atomic mass is 9.96. The zero-order valence-electron chi connectivity index (χ0n) is 11.0. The summed E-state index contributed by atoms with van der Waals surface area (Å²) in [5.74, 6) is -1.93. The fourth-order valence-corrected chi connectivity index (χ4v) is 2.53. The van der Waals surface area contributed by atoms with E-state index in [2.05, 4.69) is 0 Å². The molecule has 19 heavy (non-hydrogen) atoms. The second kappa shape index (κ2) is 4.16. The van der Waals surface area contributed by atoms with Gasteiger partial charge in [0.1, 0.15) is 17.7 Å². The third kappa shape index (κ3) is 2.33. The second-order valence-corrected chi connectivity index (χ2v) is 5.52. The molecule has 2 atom stereocenters. The van der Waals surface area contributed by atoms with Crippen molar-refractivity contribution in [3.63, 3.8) is 0 Å². The van der Waals surface area contributed by atoms with Crippen LogP contribution in [0.25, 0.3) is 0 Å². The van der Waals surface area contributed by atoms with Crippen LogP contribution in [0.5, 0.6) is 5.75 Å². The molecule has 0 bridgehead atoms. The number of aryl methyl sites for hydroxylation is 1. The Morgan fingerprint density at radius 3 is 2.84 bits per heavy atom. The fraction of sp³-hybridized carbons (Fsp3) is 0.571. The summed E-state index contributed by atoms with van der Waals surface area (Å²) in [5.41, 5.74) is 0.767. The molecule has 0 saturated carbocycles. The number of ether oxygens (including phenoxy) is 3. The summed E-state index contributed by atoms with van der Waals surface area (Å²) in [7, 11) is 0. The molecule has 1 aromatic carbocycles. The number of halogens is 1. The van der Waals surface area contributed by atoms with Gasteiger partial charge in [-0.25, -0.2) is 4.39 Å². The first-order valence-corrected chi connectivity index (χ1v) is 6.40. The molecule has 4 nitrogen and oxygen atoms in total. The predicted octanol–water partition coefficient (Wildman–Crippen LogP) is 1.99. The molecule has 0 aromatic heterocycles. The molecular weight excluding hydrogens is 251 g/mol. The van der Waals surface area contributed by atoms with E-state index in [1.54, 1.807) is 13.8 Å². The minimum atomic E-state index is -1.42. The van der Waals surface area contributed by atoms with Gasteiger partial charge in [-0.2, -0.15) is 0 Å². The van der Waals surface area contributed by atoms with Crippen molar-refractivity contribution in [1.82, 2.24) is 0 Å². The molecule has 104 valence electrons. The minimum absolute atomic E-state index is 0.278. The van der Waals surface area contributed by atoms with Gasteiger partial charge in [-0.3, -0.25) is 0 Å². The quantitative estimate of drug-likeness (QED) is 0.846. The molecular formula is C14H17FO4. The van der Waals surface area contributed by atoms with E-state index in [4.69, 9.17) is 14.2 Å². The average Bonchev–Trinajstić information content (AvgIpc) is 2.71. The molecule has 2 aliphatic rings. The molecule has 5 heteroatoms. The largest absolute Gasteiger partial charge is 0.459 e. The van der Waals surface area contributed by atoms with Gasteiger partial charge in [-0.05, 0) is 44.0 Å². The first-order chi connectivity index (χ1) is 8.88. The van der Waals surface area contributed by atoms with Crippen LogP contribution in [0.15, 0.2) is 18.2 Å². The lowest BCUT2D eigenvalue weighted by molar-refractivity contribution is -0.239. The molecule has 2 heterocycles. The van der Waals surface area contributed by atoms with Crippen LogP contribution in [0.3, 0.4) is 0 Å². The van der Waals surface area contributed by atoms with Crippen LogP contribution in [0.1, 0.15) is 25.8 Å². The molecule has 2 aliphatic heterocycles. The maximum atomic E-state index is 13.1. The maximum Gasteiger partial charge on any atom is 0.237 e. The Kier molecular flexibility index (Phi) is 2.81. The number of hydrogen-bond acceptors (Lipinski definition) is 4. The molecule has 1 saturated heterocycles. The first-order valence-electron chi connectivity index (χ1n) is 6.40. The lowest BCUT2D eigenvalue weighted by Gasteiger charge is -2.37. The van der Waals surface area contributed by atoms with Gasteiger partial charge in [-0.1, -0.05) is 0 Å². The number of fused-ring (bicyclic) bond motifs is 1. The molecule has 1 N–H and O–H groups in total. The van der Waals surface area contributed by atoms with Crippen molar-refractivity contribution in [1.29, 1.82) is 0 Å². The Labute approximate surface area is 111 Å². The van der Waals surface area contributed by atoms with Gasteiger partial charge < -0.3 is 19.3 Å². The Balaban J connectivity index is 1.82. The van der Waals surface area contributed by atoms with E-state index < -0.39 is 17.7 Å². The van der Waals surface area contributed by atoms with E-state index >= 15 is 0 Å². The summed E-state index contributed by atoms with van der Waals surface area (Å²) in [6.07, 6.45) is 0.359. The number of benzene rings is 1.